The molecule has 0 saturated carbocycles. The van der Waals surface area contributed by atoms with Crippen LogP contribution in [0.25, 0.3) is 0 Å². The molecule has 1 aromatic heterocycles. The van der Waals surface area contributed by atoms with Gasteiger partial charge in [0.05, 0.1) is 24.2 Å². The average Bonchev–Trinajstić information content (AvgIpc) is 2.51. The van der Waals surface area contributed by atoms with Crippen LogP contribution >= 0.6 is 11.6 Å². The van der Waals surface area contributed by atoms with E-state index in [1.807, 2.05) is 42.6 Å². The highest BCUT2D eigenvalue weighted by atomic mass is 35.5. The lowest BCUT2D eigenvalue weighted by Gasteiger charge is -2.23. The minimum Gasteiger partial charge on any atom is -0.369 e. The molecular weight excluding hydrogens is 274 g/mol. The van der Waals surface area contributed by atoms with Gasteiger partial charge in [-0.15, -0.1) is 0 Å². The van der Waals surface area contributed by atoms with Gasteiger partial charge in [-0.2, -0.15) is 0 Å². The van der Waals surface area contributed by atoms with Crippen molar-refractivity contribution >= 4 is 23.0 Å². The van der Waals surface area contributed by atoms with Gasteiger partial charge in [-0.3, -0.25) is 4.98 Å². The number of halogens is 1. The molecular formula is C15H16ClN3O. The summed E-state index contributed by atoms with van der Waals surface area (Å²) in [4.78, 5) is 4.46. The van der Waals surface area contributed by atoms with Crippen LogP contribution in [-0.4, -0.2) is 24.7 Å². The molecule has 1 aliphatic rings. The largest absolute Gasteiger partial charge is 0.369 e. The minimum absolute atomic E-state index is 0.0494. The Bertz CT molecular complexity index is 550. The highest BCUT2D eigenvalue weighted by Gasteiger charge is 2.16. The molecule has 4 nitrogen and oxygen atoms in total. The first kappa shape index (κ1) is 13.4. The molecule has 2 N–H and O–H groups in total. The highest BCUT2D eigenvalue weighted by molar-refractivity contribution is 6.30. The van der Waals surface area contributed by atoms with Crippen LogP contribution < -0.4 is 10.6 Å². The predicted molar refractivity (Wildman–Crippen MR) is 80.5 cm³/mol. The van der Waals surface area contributed by atoms with Crippen LogP contribution in [0.4, 0.5) is 11.4 Å². The van der Waals surface area contributed by atoms with E-state index in [1.54, 1.807) is 0 Å². The summed E-state index contributed by atoms with van der Waals surface area (Å²) in [6.45, 7) is 2.46. The van der Waals surface area contributed by atoms with Gasteiger partial charge < -0.3 is 15.4 Å². The van der Waals surface area contributed by atoms with Crippen molar-refractivity contribution in [3.63, 3.8) is 0 Å². The third kappa shape index (κ3) is 3.28. The molecule has 0 unspecified atom stereocenters. The fourth-order valence-corrected chi connectivity index (χ4v) is 2.25. The molecule has 0 radical (unpaired) electrons. The summed E-state index contributed by atoms with van der Waals surface area (Å²) in [5, 5.41) is 7.31. The van der Waals surface area contributed by atoms with Crippen LogP contribution in [0.1, 0.15) is 11.8 Å². The molecule has 1 saturated heterocycles. The van der Waals surface area contributed by atoms with Crippen LogP contribution in [0.3, 0.4) is 0 Å². The predicted octanol–water partition coefficient (Wildman–Crippen LogP) is 3.14. The number of hydrogen-bond donors (Lipinski definition) is 2. The number of nitrogens with one attached hydrogen (secondary N) is 2. The second-order valence-electron chi connectivity index (χ2n) is 4.67. The standard InChI is InChI=1S/C15H16ClN3O/c16-11-1-3-12(4-2-11)19-13-5-6-14(18-9-13)15-10-17-7-8-20-15/h1-6,9,15,17,19H,7-8,10H2/t15-/m1/s1. The molecule has 5 heteroatoms. The number of hydrogen-bond acceptors (Lipinski definition) is 4. The molecule has 0 bridgehead atoms. The lowest BCUT2D eigenvalue weighted by molar-refractivity contribution is 0.0250. The van der Waals surface area contributed by atoms with E-state index in [1.165, 1.54) is 0 Å². The topological polar surface area (TPSA) is 46.2 Å². The summed E-state index contributed by atoms with van der Waals surface area (Å²) < 4.78 is 5.68. The van der Waals surface area contributed by atoms with Crippen LogP contribution in [0.5, 0.6) is 0 Å². The van der Waals surface area contributed by atoms with Gasteiger partial charge in [-0.25, -0.2) is 0 Å². The maximum Gasteiger partial charge on any atom is 0.112 e. The van der Waals surface area contributed by atoms with E-state index in [9.17, 15) is 0 Å². The zero-order valence-electron chi connectivity index (χ0n) is 11.0. The van der Waals surface area contributed by atoms with E-state index in [4.69, 9.17) is 16.3 Å². The zero-order chi connectivity index (χ0) is 13.8. The Balaban J connectivity index is 1.67. The van der Waals surface area contributed by atoms with Crippen molar-refractivity contribution in [2.24, 2.45) is 0 Å². The van der Waals surface area contributed by atoms with Gasteiger partial charge in [0, 0.05) is 23.8 Å². The monoisotopic (exact) mass is 289 g/mol. The number of nitrogens with zero attached hydrogens (tertiary/aromatic N) is 1. The summed E-state index contributed by atoms with van der Waals surface area (Å²) in [6, 6.07) is 11.6. The summed E-state index contributed by atoms with van der Waals surface area (Å²) in [7, 11) is 0. The molecule has 0 spiro atoms. The number of rotatable bonds is 3. The smallest absolute Gasteiger partial charge is 0.112 e. The molecule has 1 fully saturated rings. The summed E-state index contributed by atoms with van der Waals surface area (Å²) in [5.74, 6) is 0. The molecule has 2 heterocycles. The van der Waals surface area contributed by atoms with Crippen molar-refractivity contribution in [1.82, 2.24) is 10.3 Å². The van der Waals surface area contributed by atoms with E-state index < -0.39 is 0 Å². The number of pyridine rings is 1. The fraction of sp³-hybridized carbons (Fsp3) is 0.267. The normalized spacial score (nSPS) is 18.8. The summed E-state index contributed by atoms with van der Waals surface area (Å²) in [5.41, 5.74) is 2.89. The Morgan fingerprint density at radius 3 is 2.60 bits per heavy atom. The van der Waals surface area contributed by atoms with E-state index in [-0.39, 0.29) is 6.10 Å². The number of aromatic nitrogens is 1. The van der Waals surface area contributed by atoms with Crippen molar-refractivity contribution in [2.75, 3.05) is 25.0 Å². The molecule has 20 heavy (non-hydrogen) atoms. The lowest BCUT2D eigenvalue weighted by atomic mass is 10.2. The van der Waals surface area contributed by atoms with E-state index in [0.717, 1.165) is 41.8 Å². The quantitative estimate of drug-likeness (QED) is 0.911. The molecule has 2 aromatic rings. The third-order valence-corrected chi connectivity index (χ3v) is 3.43. The van der Waals surface area contributed by atoms with E-state index in [2.05, 4.69) is 15.6 Å². The third-order valence-electron chi connectivity index (χ3n) is 3.18. The molecule has 1 aliphatic heterocycles. The summed E-state index contributed by atoms with van der Waals surface area (Å²) >= 11 is 5.86. The molecule has 1 atom stereocenters. The second kappa shape index (κ2) is 6.22. The number of benzene rings is 1. The van der Waals surface area contributed by atoms with Gasteiger partial charge in [-0.05, 0) is 36.4 Å². The van der Waals surface area contributed by atoms with Gasteiger partial charge in [0.25, 0.3) is 0 Å². The zero-order valence-corrected chi connectivity index (χ0v) is 11.7. The Labute approximate surface area is 123 Å². The van der Waals surface area contributed by atoms with Gasteiger partial charge in [-0.1, -0.05) is 11.6 Å². The summed E-state index contributed by atoms with van der Waals surface area (Å²) in [6.07, 6.45) is 1.87. The first-order chi connectivity index (χ1) is 9.81. The van der Waals surface area contributed by atoms with Crippen LogP contribution in [0.15, 0.2) is 42.6 Å². The SMILES string of the molecule is Clc1ccc(Nc2ccc([C@H]3CNCCO3)nc2)cc1. The van der Waals surface area contributed by atoms with Gasteiger partial charge >= 0.3 is 0 Å². The second-order valence-corrected chi connectivity index (χ2v) is 5.10. The Hall–Kier alpha value is -1.62. The van der Waals surface area contributed by atoms with Crippen LogP contribution in [0.2, 0.25) is 5.02 Å². The van der Waals surface area contributed by atoms with E-state index in [0.29, 0.717) is 0 Å². The molecule has 0 aliphatic carbocycles. The van der Waals surface area contributed by atoms with Crippen molar-refractivity contribution in [1.29, 1.82) is 0 Å². The van der Waals surface area contributed by atoms with Gasteiger partial charge in [0.2, 0.25) is 0 Å². The fourth-order valence-electron chi connectivity index (χ4n) is 2.12. The number of anilines is 2. The van der Waals surface area contributed by atoms with Crippen molar-refractivity contribution in [3.8, 4) is 0 Å². The van der Waals surface area contributed by atoms with Crippen LogP contribution in [0, 0.1) is 0 Å². The molecule has 1 aromatic carbocycles. The first-order valence-corrected chi connectivity index (χ1v) is 7.00. The first-order valence-electron chi connectivity index (χ1n) is 6.62. The van der Waals surface area contributed by atoms with Crippen LogP contribution in [-0.2, 0) is 4.74 Å². The van der Waals surface area contributed by atoms with Crippen molar-refractivity contribution in [3.05, 3.63) is 53.3 Å². The van der Waals surface area contributed by atoms with E-state index >= 15 is 0 Å². The Morgan fingerprint density at radius 1 is 1.15 bits per heavy atom. The maximum absolute atomic E-state index is 5.86. The van der Waals surface area contributed by atoms with Crippen molar-refractivity contribution in [2.45, 2.75) is 6.10 Å². The van der Waals surface area contributed by atoms with Crippen molar-refractivity contribution < 1.29 is 4.74 Å². The molecule has 104 valence electrons. The molecule has 0 amide bonds. The number of morpholine rings is 1. The highest BCUT2D eigenvalue weighted by Crippen LogP contribution is 2.21. The lowest BCUT2D eigenvalue weighted by Crippen LogP contribution is -2.33. The molecule has 3 rings (SSSR count). The Morgan fingerprint density at radius 2 is 1.95 bits per heavy atom. The average molecular weight is 290 g/mol. The number of ether oxygens (including phenoxy) is 1. The minimum atomic E-state index is 0.0494. The maximum atomic E-state index is 5.86. The van der Waals surface area contributed by atoms with Gasteiger partial charge in [0.1, 0.15) is 6.10 Å². The van der Waals surface area contributed by atoms with Gasteiger partial charge in [0.15, 0.2) is 0 Å². The Kier molecular flexibility index (Phi) is 4.16.